The molecule has 0 radical (unpaired) electrons. The fourth-order valence-corrected chi connectivity index (χ4v) is 7.94. The topological polar surface area (TPSA) is 141 Å². The zero-order chi connectivity index (χ0) is 38.9. The lowest BCUT2D eigenvalue weighted by atomic mass is 9.92. The molecule has 2 fully saturated rings. The number of benzene rings is 2. The van der Waals surface area contributed by atoms with Crippen molar-refractivity contribution in [3.8, 4) is 34.6 Å². The number of carbonyl (C=O) groups excluding carboxylic acids is 3. The predicted octanol–water partition coefficient (Wildman–Crippen LogP) is 5.51. The van der Waals surface area contributed by atoms with E-state index >= 15 is 0 Å². The zero-order valence-corrected chi connectivity index (χ0v) is 31.5. The van der Waals surface area contributed by atoms with Crippen molar-refractivity contribution in [2.45, 2.75) is 63.3 Å². The Labute approximate surface area is 329 Å². The summed E-state index contributed by atoms with van der Waals surface area (Å²) in [6.07, 6.45) is 11.4. The summed E-state index contributed by atoms with van der Waals surface area (Å²) < 4.78 is 14.5. The van der Waals surface area contributed by atoms with Gasteiger partial charge in [-0.3, -0.25) is 24.7 Å². The fraction of sp³-hybridized carbons (Fsp3) is 0.289. The van der Waals surface area contributed by atoms with Crippen molar-refractivity contribution < 1.29 is 23.9 Å². The normalized spacial score (nSPS) is 18.9. The number of pyridine rings is 3. The van der Waals surface area contributed by atoms with Gasteiger partial charge < -0.3 is 24.3 Å². The van der Waals surface area contributed by atoms with Crippen LogP contribution in [0.15, 0.2) is 91.5 Å². The van der Waals surface area contributed by atoms with E-state index in [4.69, 9.17) is 9.47 Å². The number of amides is 3. The first kappa shape index (κ1) is 36.1. The van der Waals surface area contributed by atoms with Gasteiger partial charge in [-0.15, -0.1) is 0 Å². The summed E-state index contributed by atoms with van der Waals surface area (Å²) in [6, 6.07) is 21.6. The van der Waals surface area contributed by atoms with Gasteiger partial charge in [0.05, 0.1) is 18.3 Å². The number of imide groups is 1. The predicted molar refractivity (Wildman–Crippen MR) is 214 cm³/mol. The number of carbonyl (C=O) groups is 3. The maximum absolute atomic E-state index is 12.9. The van der Waals surface area contributed by atoms with Crippen LogP contribution in [0.5, 0.6) is 11.6 Å². The standard InChI is InChI=1S/C45H41N7O5/c1-51-39-16-19-47-26-38(39)37-12-7-29(21-41(37)51)30-8-15-43(49-24-30)57-35-22-34(23-35)56-33-10-9-32(48-25-33)5-3-18-46-17-2-4-28-6-11-36-31(20-28)27-52(45(36)55)40-13-14-42(53)50-44(40)54/h6-12,15-16,19-21,24-26,34-35,40,46H,2,4,13-14,17-18,22-23,27H2,1H3,(H,50,53,54)/t34-,35-,40?. The van der Waals surface area contributed by atoms with Crippen LogP contribution in [0.2, 0.25) is 0 Å². The maximum atomic E-state index is 12.9. The van der Waals surface area contributed by atoms with Crippen LogP contribution >= 0.6 is 0 Å². The molecule has 3 aliphatic rings. The van der Waals surface area contributed by atoms with Crippen LogP contribution in [0.3, 0.4) is 0 Å². The van der Waals surface area contributed by atoms with E-state index in [9.17, 15) is 14.4 Å². The van der Waals surface area contributed by atoms with Crippen molar-refractivity contribution in [3.05, 3.63) is 114 Å². The van der Waals surface area contributed by atoms with Gasteiger partial charge in [0, 0.05) is 84.9 Å². The van der Waals surface area contributed by atoms with Crippen LogP contribution in [0.1, 0.15) is 59.3 Å². The van der Waals surface area contributed by atoms with Crippen LogP contribution in [-0.4, -0.2) is 73.5 Å². The smallest absolute Gasteiger partial charge is 0.255 e. The number of nitrogens with one attached hydrogen (secondary N) is 2. The van der Waals surface area contributed by atoms with Crippen molar-refractivity contribution in [3.63, 3.8) is 0 Å². The lowest BCUT2D eigenvalue weighted by molar-refractivity contribution is -0.136. The first-order valence-corrected chi connectivity index (χ1v) is 19.4. The number of aromatic nitrogens is 4. The minimum absolute atomic E-state index is 0.0524. The van der Waals surface area contributed by atoms with E-state index in [0.29, 0.717) is 42.4 Å². The third-order valence-electron chi connectivity index (χ3n) is 11.1. The van der Waals surface area contributed by atoms with E-state index in [-0.39, 0.29) is 30.4 Å². The Kier molecular flexibility index (Phi) is 9.82. The van der Waals surface area contributed by atoms with E-state index in [1.54, 1.807) is 11.1 Å². The highest BCUT2D eigenvalue weighted by Gasteiger charge is 2.39. The van der Waals surface area contributed by atoms with Gasteiger partial charge in [0.25, 0.3) is 5.91 Å². The van der Waals surface area contributed by atoms with Crippen LogP contribution in [0.4, 0.5) is 0 Å². The average Bonchev–Trinajstić information content (AvgIpc) is 3.69. The van der Waals surface area contributed by atoms with E-state index < -0.39 is 11.9 Å². The second kappa shape index (κ2) is 15.5. The fourth-order valence-electron chi connectivity index (χ4n) is 7.94. The molecule has 286 valence electrons. The van der Waals surface area contributed by atoms with Gasteiger partial charge in [0.1, 0.15) is 29.7 Å². The number of nitrogens with zero attached hydrogens (tertiary/aromatic N) is 5. The molecule has 4 aromatic heterocycles. The summed E-state index contributed by atoms with van der Waals surface area (Å²) >= 11 is 0. The minimum atomic E-state index is -0.599. The highest BCUT2D eigenvalue weighted by atomic mass is 16.5. The SMILES string of the molecule is Cn1c2ccncc2c2ccc(-c3ccc(O[C@H]4C[C@H](Oc5ccc(C#CCNCCCc6ccc7c(c6)CN(C6CCC(=O)NC6=O)C7=O)nc5)C4)nc3)cc21. The van der Waals surface area contributed by atoms with Gasteiger partial charge in [0.15, 0.2) is 0 Å². The number of hydrogen-bond donors (Lipinski definition) is 2. The summed E-state index contributed by atoms with van der Waals surface area (Å²) in [5.74, 6) is 6.73. The molecule has 2 aliphatic heterocycles. The van der Waals surface area contributed by atoms with Gasteiger partial charge in [-0.25, -0.2) is 9.97 Å². The minimum Gasteiger partial charge on any atom is -0.489 e. The number of fused-ring (bicyclic) bond motifs is 4. The van der Waals surface area contributed by atoms with Gasteiger partial charge >= 0.3 is 0 Å². The van der Waals surface area contributed by atoms with Crippen molar-refractivity contribution in [2.24, 2.45) is 7.05 Å². The molecular formula is C45H41N7O5. The van der Waals surface area contributed by atoms with E-state index in [0.717, 1.165) is 70.9 Å². The molecule has 57 heavy (non-hydrogen) atoms. The van der Waals surface area contributed by atoms with Crippen LogP contribution in [0.25, 0.3) is 32.9 Å². The maximum Gasteiger partial charge on any atom is 0.255 e. The van der Waals surface area contributed by atoms with Crippen LogP contribution < -0.4 is 20.1 Å². The van der Waals surface area contributed by atoms with E-state index in [1.165, 1.54) is 5.39 Å². The number of rotatable bonds is 11. The molecule has 6 aromatic rings. The second-order valence-corrected chi connectivity index (χ2v) is 14.9. The molecule has 2 N–H and O–H groups in total. The molecule has 12 heteroatoms. The third-order valence-corrected chi connectivity index (χ3v) is 11.1. The Morgan fingerprint density at radius 3 is 2.58 bits per heavy atom. The molecule has 1 saturated carbocycles. The average molecular weight is 760 g/mol. The molecule has 1 unspecified atom stereocenters. The molecule has 1 saturated heterocycles. The highest BCUT2D eigenvalue weighted by molar-refractivity contribution is 6.08. The molecule has 0 spiro atoms. The van der Waals surface area contributed by atoms with Crippen LogP contribution in [-0.2, 0) is 29.6 Å². The molecule has 3 amide bonds. The summed E-state index contributed by atoms with van der Waals surface area (Å²) in [5, 5.41) is 8.05. The first-order chi connectivity index (χ1) is 27.9. The Morgan fingerprint density at radius 1 is 0.877 bits per heavy atom. The molecule has 12 nitrogen and oxygen atoms in total. The molecule has 6 heterocycles. The van der Waals surface area contributed by atoms with Gasteiger partial charge in [-0.1, -0.05) is 30.2 Å². The molecule has 1 aliphatic carbocycles. The monoisotopic (exact) mass is 759 g/mol. The van der Waals surface area contributed by atoms with Crippen molar-refractivity contribution in [2.75, 3.05) is 13.1 Å². The Bertz CT molecular complexity index is 2570. The summed E-state index contributed by atoms with van der Waals surface area (Å²) in [6.45, 7) is 1.72. The number of ether oxygens (including phenoxy) is 2. The highest BCUT2D eigenvalue weighted by Crippen LogP contribution is 2.33. The number of piperidine rings is 1. The number of hydrogen-bond acceptors (Lipinski definition) is 9. The lowest BCUT2D eigenvalue weighted by Gasteiger charge is -2.34. The van der Waals surface area contributed by atoms with E-state index in [1.807, 2.05) is 55.0 Å². The largest absolute Gasteiger partial charge is 0.489 e. The Morgan fingerprint density at radius 2 is 1.75 bits per heavy atom. The molecular weight excluding hydrogens is 719 g/mol. The quantitative estimate of drug-likeness (QED) is 0.0995. The molecule has 2 aromatic carbocycles. The summed E-state index contributed by atoms with van der Waals surface area (Å²) in [5.41, 5.74) is 7.84. The third kappa shape index (κ3) is 7.54. The zero-order valence-electron chi connectivity index (χ0n) is 31.5. The van der Waals surface area contributed by atoms with E-state index in [2.05, 4.69) is 79.4 Å². The molecule has 9 rings (SSSR count). The summed E-state index contributed by atoms with van der Waals surface area (Å²) in [7, 11) is 2.08. The van der Waals surface area contributed by atoms with Crippen molar-refractivity contribution in [1.82, 2.24) is 35.1 Å². The second-order valence-electron chi connectivity index (χ2n) is 14.9. The molecule has 0 bridgehead atoms. The lowest BCUT2D eigenvalue weighted by Crippen LogP contribution is -2.52. The first-order valence-electron chi connectivity index (χ1n) is 19.4. The van der Waals surface area contributed by atoms with Crippen molar-refractivity contribution >= 4 is 39.5 Å². The summed E-state index contributed by atoms with van der Waals surface area (Å²) in [4.78, 5) is 51.7. The molecule has 1 atom stereocenters. The number of aryl methyl sites for hydroxylation is 2. The van der Waals surface area contributed by atoms with Crippen LogP contribution in [0, 0.1) is 11.8 Å². The Hall–Kier alpha value is -6.58. The van der Waals surface area contributed by atoms with Gasteiger partial charge in [-0.05, 0) is 84.8 Å². The van der Waals surface area contributed by atoms with Gasteiger partial charge in [-0.2, -0.15) is 0 Å². The Balaban J connectivity index is 0.677. The van der Waals surface area contributed by atoms with Crippen molar-refractivity contribution in [1.29, 1.82) is 0 Å². The van der Waals surface area contributed by atoms with Gasteiger partial charge in [0.2, 0.25) is 17.7 Å².